The number of nitrogens with zero attached hydrogens (tertiary/aromatic N) is 1. The summed E-state index contributed by atoms with van der Waals surface area (Å²) in [5.74, 6) is -1.47. The number of hydrogen-bond donors (Lipinski definition) is 2. The third-order valence-electron chi connectivity index (χ3n) is 2.57. The van der Waals surface area contributed by atoms with E-state index in [9.17, 15) is 9.59 Å². The van der Waals surface area contributed by atoms with Crippen LogP contribution in [0.2, 0.25) is 0 Å². The van der Waals surface area contributed by atoms with Gasteiger partial charge >= 0.3 is 12.0 Å². The number of carboxylic acid groups (broad SMARTS) is 1. The predicted octanol–water partition coefficient (Wildman–Crippen LogP) is 0.631. The van der Waals surface area contributed by atoms with E-state index < -0.39 is 11.9 Å². The number of methoxy groups -OCH3 is 1. The van der Waals surface area contributed by atoms with Gasteiger partial charge in [-0.3, -0.25) is 4.79 Å². The molecule has 0 saturated carbocycles. The van der Waals surface area contributed by atoms with Gasteiger partial charge in [-0.15, -0.1) is 0 Å². The summed E-state index contributed by atoms with van der Waals surface area (Å²) in [5, 5.41) is 11.6. The maximum Gasteiger partial charge on any atom is 0.317 e. The summed E-state index contributed by atoms with van der Waals surface area (Å²) in [6.07, 6.45) is 0. The fraction of sp³-hybridized carbons (Fsp3) is 0.818. The summed E-state index contributed by atoms with van der Waals surface area (Å²) < 4.78 is 4.85. The van der Waals surface area contributed by atoms with E-state index in [0.717, 1.165) is 0 Å². The molecule has 1 atom stereocenters. The molecule has 0 aliphatic heterocycles. The molecule has 100 valence electrons. The van der Waals surface area contributed by atoms with Crippen LogP contribution in [0.15, 0.2) is 0 Å². The van der Waals surface area contributed by atoms with E-state index in [2.05, 4.69) is 5.32 Å². The fourth-order valence-corrected chi connectivity index (χ4v) is 1.27. The number of aliphatic carboxylic acids is 1. The summed E-state index contributed by atoms with van der Waals surface area (Å²) in [6.45, 7) is 4.71. The lowest BCUT2D eigenvalue weighted by Gasteiger charge is -2.21. The molecule has 0 radical (unpaired) electrons. The molecular formula is C11H22N2O4. The van der Waals surface area contributed by atoms with Gasteiger partial charge in [0.1, 0.15) is 0 Å². The van der Waals surface area contributed by atoms with Gasteiger partial charge in [-0.2, -0.15) is 0 Å². The molecular weight excluding hydrogens is 224 g/mol. The van der Waals surface area contributed by atoms with Crippen LogP contribution in [-0.2, 0) is 9.53 Å². The zero-order valence-corrected chi connectivity index (χ0v) is 10.9. The summed E-state index contributed by atoms with van der Waals surface area (Å²) in [6, 6.07) is -0.283. The zero-order valence-electron chi connectivity index (χ0n) is 10.9. The minimum atomic E-state index is -0.889. The Bertz CT molecular complexity index is 256. The van der Waals surface area contributed by atoms with E-state index in [1.807, 2.05) is 13.8 Å². The number of carbonyl (C=O) groups excluding carboxylic acids is 1. The van der Waals surface area contributed by atoms with Gasteiger partial charge in [0.25, 0.3) is 0 Å². The second-order valence-electron chi connectivity index (χ2n) is 4.29. The Morgan fingerprint density at radius 1 is 1.41 bits per heavy atom. The summed E-state index contributed by atoms with van der Waals surface area (Å²) in [4.78, 5) is 23.9. The number of carbonyl (C=O) groups is 2. The SMILES string of the molecule is COCCN(C)C(=O)NCC(C(=O)O)C(C)C. The van der Waals surface area contributed by atoms with Crippen molar-refractivity contribution in [2.24, 2.45) is 11.8 Å². The monoisotopic (exact) mass is 246 g/mol. The minimum absolute atomic E-state index is 0.0166. The number of likely N-dealkylation sites (N-methyl/N-ethyl adjacent to an activating group) is 1. The third-order valence-corrected chi connectivity index (χ3v) is 2.57. The first-order chi connectivity index (χ1) is 7.90. The largest absolute Gasteiger partial charge is 0.481 e. The van der Waals surface area contributed by atoms with Crippen molar-refractivity contribution in [1.82, 2.24) is 10.2 Å². The van der Waals surface area contributed by atoms with Crippen LogP contribution in [0.4, 0.5) is 4.79 Å². The van der Waals surface area contributed by atoms with Crippen molar-refractivity contribution in [1.29, 1.82) is 0 Å². The number of urea groups is 1. The van der Waals surface area contributed by atoms with Crippen LogP contribution in [0.3, 0.4) is 0 Å². The Labute approximate surface area is 102 Å². The molecule has 0 aromatic heterocycles. The van der Waals surface area contributed by atoms with Crippen LogP contribution in [0, 0.1) is 11.8 Å². The molecule has 1 unspecified atom stereocenters. The summed E-state index contributed by atoms with van der Waals surface area (Å²) >= 11 is 0. The highest BCUT2D eigenvalue weighted by Gasteiger charge is 2.22. The van der Waals surface area contributed by atoms with Crippen LogP contribution < -0.4 is 5.32 Å². The molecule has 2 amide bonds. The first-order valence-electron chi connectivity index (χ1n) is 5.60. The Hall–Kier alpha value is -1.30. The number of ether oxygens (including phenoxy) is 1. The second-order valence-corrected chi connectivity index (χ2v) is 4.29. The Morgan fingerprint density at radius 3 is 2.41 bits per heavy atom. The Morgan fingerprint density at radius 2 is 2.00 bits per heavy atom. The lowest BCUT2D eigenvalue weighted by Crippen LogP contribution is -2.43. The van der Waals surface area contributed by atoms with Gasteiger partial charge in [-0.05, 0) is 5.92 Å². The van der Waals surface area contributed by atoms with Crippen molar-refractivity contribution in [3.63, 3.8) is 0 Å². The average Bonchev–Trinajstić information content (AvgIpc) is 2.24. The van der Waals surface area contributed by atoms with Crippen molar-refractivity contribution >= 4 is 12.0 Å². The molecule has 6 nitrogen and oxygen atoms in total. The van der Waals surface area contributed by atoms with Crippen LogP contribution in [0.1, 0.15) is 13.8 Å². The van der Waals surface area contributed by atoms with Crippen LogP contribution in [-0.4, -0.2) is 55.9 Å². The third kappa shape index (κ3) is 6.11. The van der Waals surface area contributed by atoms with E-state index in [0.29, 0.717) is 13.2 Å². The Kier molecular flexibility index (Phi) is 7.29. The van der Waals surface area contributed by atoms with Crippen molar-refractivity contribution in [3.8, 4) is 0 Å². The first kappa shape index (κ1) is 15.7. The van der Waals surface area contributed by atoms with E-state index in [-0.39, 0.29) is 18.5 Å². The van der Waals surface area contributed by atoms with Gasteiger partial charge in [0, 0.05) is 27.2 Å². The fourth-order valence-electron chi connectivity index (χ4n) is 1.27. The van der Waals surface area contributed by atoms with Crippen LogP contribution in [0.5, 0.6) is 0 Å². The van der Waals surface area contributed by atoms with Crippen molar-refractivity contribution in [2.45, 2.75) is 13.8 Å². The maximum atomic E-state index is 11.6. The normalized spacial score (nSPS) is 12.3. The average molecular weight is 246 g/mol. The summed E-state index contributed by atoms with van der Waals surface area (Å²) in [7, 11) is 3.20. The van der Waals surface area contributed by atoms with Gasteiger partial charge in [-0.25, -0.2) is 4.79 Å². The van der Waals surface area contributed by atoms with Crippen molar-refractivity contribution < 1.29 is 19.4 Å². The number of carboxylic acids is 1. The van der Waals surface area contributed by atoms with Crippen LogP contribution >= 0.6 is 0 Å². The van der Waals surface area contributed by atoms with E-state index in [1.165, 1.54) is 4.90 Å². The molecule has 0 bridgehead atoms. The smallest absolute Gasteiger partial charge is 0.317 e. The van der Waals surface area contributed by atoms with E-state index in [4.69, 9.17) is 9.84 Å². The topological polar surface area (TPSA) is 78.9 Å². The van der Waals surface area contributed by atoms with Crippen molar-refractivity contribution in [3.05, 3.63) is 0 Å². The molecule has 0 spiro atoms. The van der Waals surface area contributed by atoms with E-state index >= 15 is 0 Å². The molecule has 0 fully saturated rings. The van der Waals surface area contributed by atoms with Gasteiger partial charge in [0.15, 0.2) is 0 Å². The number of rotatable bonds is 7. The maximum absolute atomic E-state index is 11.6. The number of nitrogens with one attached hydrogen (secondary N) is 1. The highest BCUT2D eigenvalue weighted by Crippen LogP contribution is 2.09. The van der Waals surface area contributed by atoms with Gasteiger partial charge in [0.05, 0.1) is 12.5 Å². The number of amides is 2. The molecule has 0 rings (SSSR count). The molecule has 0 aromatic carbocycles. The Balaban J connectivity index is 4.08. The molecule has 0 saturated heterocycles. The van der Waals surface area contributed by atoms with Gasteiger partial charge in [-0.1, -0.05) is 13.8 Å². The number of hydrogen-bond acceptors (Lipinski definition) is 3. The molecule has 0 heterocycles. The molecule has 0 aliphatic rings. The van der Waals surface area contributed by atoms with Gasteiger partial charge in [0.2, 0.25) is 0 Å². The lowest BCUT2D eigenvalue weighted by molar-refractivity contribution is -0.142. The molecule has 0 aliphatic carbocycles. The highest BCUT2D eigenvalue weighted by atomic mass is 16.5. The van der Waals surface area contributed by atoms with Gasteiger partial charge < -0.3 is 20.1 Å². The molecule has 2 N–H and O–H groups in total. The quantitative estimate of drug-likeness (QED) is 0.690. The first-order valence-corrected chi connectivity index (χ1v) is 5.60. The lowest BCUT2D eigenvalue weighted by atomic mass is 9.96. The van der Waals surface area contributed by atoms with Crippen LogP contribution in [0.25, 0.3) is 0 Å². The van der Waals surface area contributed by atoms with E-state index in [1.54, 1.807) is 14.2 Å². The predicted molar refractivity (Wildman–Crippen MR) is 63.9 cm³/mol. The minimum Gasteiger partial charge on any atom is -0.481 e. The van der Waals surface area contributed by atoms with Crippen molar-refractivity contribution in [2.75, 3.05) is 33.9 Å². The zero-order chi connectivity index (χ0) is 13.4. The molecule has 6 heteroatoms. The molecule has 17 heavy (non-hydrogen) atoms. The standard InChI is InChI=1S/C11H22N2O4/c1-8(2)9(10(14)15)7-12-11(16)13(3)5-6-17-4/h8-9H,5-7H2,1-4H3,(H,12,16)(H,14,15). The summed E-state index contributed by atoms with van der Waals surface area (Å²) in [5.41, 5.74) is 0. The second kappa shape index (κ2) is 7.89. The molecule has 0 aromatic rings. The highest BCUT2D eigenvalue weighted by molar-refractivity contribution is 5.75.